The molecule has 2 unspecified atom stereocenters. The van der Waals surface area contributed by atoms with E-state index in [9.17, 15) is 19.5 Å². The number of hydrogen-bond donors (Lipinski definition) is 1. The summed E-state index contributed by atoms with van der Waals surface area (Å²) in [6.07, 6.45) is 66.0. The van der Waals surface area contributed by atoms with Crippen LogP contribution in [0.25, 0.3) is 0 Å². The fraction of sp³-hybridized carbons (Fsp3) is 0.678. The van der Waals surface area contributed by atoms with Crippen LogP contribution in [0.2, 0.25) is 0 Å². The molecule has 67 heavy (non-hydrogen) atoms. The molecule has 8 heteroatoms. The third-order valence-electron chi connectivity index (χ3n) is 11.5. The first-order valence-corrected chi connectivity index (χ1v) is 26.8. The van der Waals surface area contributed by atoms with Crippen LogP contribution < -0.4 is 0 Å². The molecule has 0 aromatic carbocycles. The molecule has 0 radical (unpaired) electrons. The van der Waals surface area contributed by atoms with Gasteiger partial charge in [-0.05, 0) is 96.3 Å². The third-order valence-corrected chi connectivity index (χ3v) is 11.5. The number of aliphatic carboxylic acids is 1. The second kappa shape index (κ2) is 48.7. The highest BCUT2D eigenvalue weighted by Gasteiger charge is 2.31. The van der Waals surface area contributed by atoms with Crippen LogP contribution >= 0.6 is 0 Å². The minimum Gasteiger partial charge on any atom is -0.477 e. The van der Waals surface area contributed by atoms with E-state index in [4.69, 9.17) is 14.2 Å². The van der Waals surface area contributed by atoms with Crippen LogP contribution in [0.5, 0.6) is 0 Å². The molecular formula is C59H100NO7+. The van der Waals surface area contributed by atoms with Gasteiger partial charge in [0.2, 0.25) is 0 Å². The van der Waals surface area contributed by atoms with Gasteiger partial charge in [0.1, 0.15) is 6.61 Å². The number of carboxylic acids is 1. The molecule has 2 atom stereocenters. The van der Waals surface area contributed by atoms with Gasteiger partial charge in [0, 0.05) is 19.3 Å². The Morgan fingerprint density at radius 1 is 0.463 bits per heavy atom. The van der Waals surface area contributed by atoms with Crippen LogP contribution in [0.1, 0.15) is 206 Å². The maximum atomic E-state index is 12.8. The quantitative estimate of drug-likeness (QED) is 0.0281. The number of hydrogen-bond acceptors (Lipinski definition) is 6. The summed E-state index contributed by atoms with van der Waals surface area (Å²) in [4.78, 5) is 37.2. The largest absolute Gasteiger partial charge is 0.477 e. The lowest BCUT2D eigenvalue weighted by Gasteiger charge is -2.31. The normalized spacial score (nSPS) is 13.6. The van der Waals surface area contributed by atoms with Gasteiger partial charge in [0.15, 0.2) is 12.1 Å². The molecular weight excluding hydrogens is 835 g/mol. The summed E-state index contributed by atoms with van der Waals surface area (Å²) < 4.78 is 17.4. The van der Waals surface area contributed by atoms with E-state index in [-0.39, 0.29) is 36.2 Å². The van der Waals surface area contributed by atoms with Crippen molar-refractivity contribution in [3.8, 4) is 0 Å². The highest BCUT2D eigenvalue weighted by molar-refractivity contribution is 5.72. The van der Waals surface area contributed by atoms with E-state index in [0.29, 0.717) is 19.3 Å². The van der Waals surface area contributed by atoms with Gasteiger partial charge in [-0.25, -0.2) is 4.79 Å². The Morgan fingerprint density at radius 2 is 0.836 bits per heavy atom. The smallest absolute Gasteiger partial charge is 0.362 e. The summed E-state index contributed by atoms with van der Waals surface area (Å²) in [7, 11) is 5.52. The van der Waals surface area contributed by atoms with Crippen LogP contribution in [0.4, 0.5) is 0 Å². The summed E-state index contributed by atoms with van der Waals surface area (Å²) >= 11 is 0. The summed E-state index contributed by atoms with van der Waals surface area (Å²) in [6, 6.07) is -0.626. The van der Waals surface area contributed by atoms with Gasteiger partial charge in [-0.3, -0.25) is 9.59 Å². The predicted molar refractivity (Wildman–Crippen MR) is 284 cm³/mol. The lowest BCUT2D eigenvalue weighted by Crippen LogP contribution is -2.50. The van der Waals surface area contributed by atoms with Gasteiger partial charge in [-0.2, -0.15) is 0 Å². The van der Waals surface area contributed by atoms with Crippen molar-refractivity contribution in [1.82, 2.24) is 0 Å². The predicted octanol–water partition coefficient (Wildman–Crippen LogP) is 15.8. The van der Waals surface area contributed by atoms with Crippen LogP contribution in [0.3, 0.4) is 0 Å². The molecule has 0 spiro atoms. The molecule has 0 heterocycles. The van der Waals surface area contributed by atoms with E-state index < -0.39 is 18.1 Å². The number of quaternary nitrogens is 1. The van der Waals surface area contributed by atoms with Crippen molar-refractivity contribution >= 4 is 17.9 Å². The lowest BCUT2D eigenvalue weighted by atomic mass is 10.1. The van der Waals surface area contributed by atoms with E-state index in [1.54, 1.807) is 0 Å². The van der Waals surface area contributed by atoms with Crippen molar-refractivity contribution in [1.29, 1.82) is 0 Å². The fourth-order valence-corrected chi connectivity index (χ4v) is 7.36. The van der Waals surface area contributed by atoms with E-state index in [0.717, 1.165) is 109 Å². The summed E-state index contributed by atoms with van der Waals surface area (Å²) in [5.41, 5.74) is 0. The Kier molecular flexibility index (Phi) is 46.0. The first kappa shape index (κ1) is 63.2. The van der Waals surface area contributed by atoms with Crippen molar-refractivity contribution in [2.24, 2.45) is 0 Å². The highest BCUT2D eigenvalue weighted by Crippen LogP contribution is 2.14. The second-order valence-electron chi connectivity index (χ2n) is 18.7. The first-order chi connectivity index (χ1) is 32.6. The van der Waals surface area contributed by atoms with Crippen molar-refractivity contribution in [3.05, 3.63) is 97.2 Å². The Hall–Kier alpha value is -3.75. The molecule has 8 nitrogen and oxygen atoms in total. The Labute approximate surface area is 411 Å². The molecule has 0 saturated carbocycles. The van der Waals surface area contributed by atoms with Crippen molar-refractivity contribution in [2.45, 2.75) is 219 Å². The van der Waals surface area contributed by atoms with Crippen LogP contribution in [0.15, 0.2) is 97.2 Å². The van der Waals surface area contributed by atoms with Crippen molar-refractivity contribution in [3.63, 3.8) is 0 Å². The van der Waals surface area contributed by atoms with Crippen LogP contribution in [-0.2, 0) is 28.6 Å². The van der Waals surface area contributed by atoms with E-state index in [1.807, 2.05) is 21.1 Å². The zero-order valence-corrected chi connectivity index (χ0v) is 43.6. The van der Waals surface area contributed by atoms with Gasteiger partial charge in [0.25, 0.3) is 0 Å². The molecule has 0 rings (SSSR count). The number of unbranched alkanes of at least 4 members (excludes halogenated alkanes) is 17. The van der Waals surface area contributed by atoms with Crippen molar-refractivity contribution < 1.29 is 38.2 Å². The summed E-state index contributed by atoms with van der Waals surface area (Å²) in [5, 5.41) is 9.67. The zero-order chi connectivity index (χ0) is 49.2. The third kappa shape index (κ3) is 47.1. The van der Waals surface area contributed by atoms with E-state index >= 15 is 0 Å². The monoisotopic (exact) mass is 935 g/mol. The van der Waals surface area contributed by atoms with Gasteiger partial charge in [-0.15, -0.1) is 0 Å². The van der Waals surface area contributed by atoms with Gasteiger partial charge in [-0.1, -0.05) is 188 Å². The molecule has 0 aromatic heterocycles. The Morgan fingerprint density at radius 3 is 1.24 bits per heavy atom. The number of allylic oxidation sites excluding steroid dienone is 16. The number of esters is 2. The molecule has 382 valence electrons. The molecule has 0 amide bonds. The number of carbonyl (C=O) groups excluding carboxylic acids is 2. The minimum atomic E-state index is -0.882. The lowest BCUT2D eigenvalue weighted by molar-refractivity contribution is -0.887. The van der Waals surface area contributed by atoms with Gasteiger partial charge in [0.05, 0.1) is 34.4 Å². The SMILES string of the molecule is CC/C=C/C/C=C/C/C=C/C/C=C/CCCCCCCCCCCC(=O)OCC(COCCC(C(=O)O)[N+](C)(C)C)OC(=O)CCCCCCC/C=C/C/C=C/C/C=C/C/C=C/CCCCC. The van der Waals surface area contributed by atoms with Crippen LogP contribution in [0, 0.1) is 0 Å². The van der Waals surface area contributed by atoms with Gasteiger partial charge < -0.3 is 23.8 Å². The number of rotatable bonds is 47. The Bertz CT molecular complexity index is 1410. The number of carboxylic acid groups (broad SMARTS) is 1. The maximum absolute atomic E-state index is 12.8. The zero-order valence-electron chi connectivity index (χ0n) is 43.6. The van der Waals surface area contributed by atoms with E-state index in [1.165, 1.54) is 64.2 Å². The van der Waals surface area contributed by atoms with Crippen molar-refractivity contribution in [2.75, 3.05) is 41.0 Å². The molecule has 0 aliphatic carbocycles. The highest BCUT2D eigenvalue weighted by atomic mass is 16.6. The molecule has 0 bridgehead atoms. The first-order valence-electron chi connectivity index (χ1n) is 26.8. The number of likely N-dealkylation sites (N-methyl/N-ethyl adjacent to an activating group) is 1. The number of nitrogens with zero attached hydrogens (tertiary/aromatic N) is 1. The van der Waals surface area contributed by atoms with Crippen LogP contribution in [-0.4, -0.2) is 80.6 Å². The topological polar surface area (TPSA) is 99.1 Å². The average Bonchev–Trinajstić information content (AvgIpc) is 3.29. The molecule has 0 aliphatic rings. The number of ether oxygens (including phenoxy) is 3. The summed E-state index contributed by atoms with van der Waals surface area (Å²) in [5.74, 6) is -1.50. The standard InChI is InChI=1S/C59H99NO7/c1-6-8-10-12-14-16-18-20-22-24-26-28-30-31-33-35-37-39-41-43-45-47-49-57(61)66-54-55(53-65-52-51-56(59(63)64)60(3,4)5)67-58(62)50-48-46-44-42-40-38-36-34-32-29-27-25-23-21-19-17-15-13-11-9-7-2/h8,10,14-17,20-23,26-29,34,36,55-56H,6-7,9,11-13,18-19,24-25,30-33,35,37-54H2,1-5H3/p+1/b10-8+,16-14+,17-15+,22-20+,23-21+,28-26+,29-27+,36-34+. The van der Waals surface area contributed by atoms with E-state index in [2.05, 4.69) is 111 Å². The molecule has 0 aliphatic heterocycles. The fourth-order valence-electron chi connectivity index (χ4n) is 7.36. The molecule has 1 N–H and O–H groups in total. The molecule has 0 saturated heterocycles. The Balaban J connectivity index is 4.29. The maximum Gasteiger partial charge on any atom is 0.362 e. The molecule has 0 fully saturated rings. The minimum absolute atomic E-state index is 0.0460. The molecule has 0 aromatic rings. The second-order valence-corrected chi connectivity index (χ2v) is 18.7. The van der Waals surface area contributed by atoms with Gasteiger partial charge >= 0.3 is 17.9 Å². The summed E-state index contributed by atoms with van der Waals surface area (Å²) in [6.45, 7) is 4.57. The number of carbonyl (C=O) groups is 3. The average molecular weight is 935 g/mol.